The lowest BCUT2D eigenvalue weighted by Crippen LogP contribution is -2.08. The summed E-state index contributed by atoms with van der Waals surface area (Å²) in [6.45, 7) is 2.72. The second kappa shape index (κ2) is 5.84. The zero-order chi connectivity index (χ0) is 15.5. The summed E-state index contributed by atoms with van der Waals surface area (Å²) in [6.07, 6.45) is 6.39. The Labute approximate surface area is 128 Å². The first-order chi connectivity index (χ1) is 10.7. The van der Waals surface area contributed by atoms with Gasteiger partial charge < -0.3 is 11.1 Å². The molecule has 0 aliphatic rings. The zero-order valence-corrected chi connectivity index (χ0v) is 12.6. The van der Waals surface area contributed by atoms with Crippen LogP contribution in [0.5, 0.6) is 0 Å². The minimum Gasteiger partial charge on any atom is -0.368 e. The summed E-state index contributed by atoms with van der Waals surface area (Å²) >= 11 is 0. The average Bonchev–Trinajstić information content (AvgIpc) is 3.13. The number of hydrogen-bond donors (Lipinski definition) is 2. The molecule has 3 heterocycles. The van der Waals surface area contributed by atoms with Gasteiger partial charge in [-0.05, 0) is 12.5 Å². The van der Waals surface area contributed by atoms with Gasteiger partial charge in [-0.3, -0.25) is 4.68 Å². The standard InChI is InChI=1S/C14H18N8/c1-3-11-10(9-21(2)20-11)8-16-12-7-13(19-14(15)18-12)22-6-4-5-17-22/h4-7,9H,3,8H2,1-2H3,(H3,15,16,18,19). The average molecular weight is 298 g/mol. The van der Waals surface area contributed by atoms with Gasteiger partial charge in [-0.1, -0.05) is 6.92 Å². The molecule has 0 fully saturated rings. The van der Waals surface area contributed by atoms with Crippen molar-refractivity contribution >= 4 is 11.8 Å². The maximum Gasteiger partial charge on any atom is 0.224 e. The molecular weight excluding hydrogens is 280 g/mol. The Hall–Kier alpha value is -2.90. The molecule has 0 aromatic carbocycles. The Bertz CT molecular complexity index is 759. The van der Waals surface area contributed by atoms with Crippen LogP contribution in [0.15, 0.2) is 30.7 Å². The van der Waals surface area contributed by atoms with Crippen LogP contribution in [-0.2, 0) is 20.0 Å². The van der Waals surface area contributed by atoms with Gasteiger partial charge in [0, 0.05) is 43.8 Å². The third-order valence-corrected chi connectivity index (χ3v) is 3.26. The van der Waals surface area contributed by atoms with Gasteiger partial charge in [-0.15, -0.1) is 0 Å². The smallest absolute Gasteiger partial charge is 0.224 e. The maximum atomic E-state index is 5.77. The van der Waals surface area contributed by atoms with E-state index in [-0.39, 0.29) is 5.95 Å². The Morgan fingerprint density at radius 1 is 1.32 bits per heavy atom. The lowest BCUT2D eigenvalue weighted by Gasteiger charge is -2.08. The highest BCUT2D eigenvalue weighted by Crippen LogP contribution is 2.14. The number of nitrogens with one attached hydrogen (secondary N) is 1. The minimum absolute atomic E-state index is 0.206. The molecule has 0 spiro atoms. The van der Waals surface area contributed by atoms with Crippen LogP contribution in [0.1, 0.15) is 18.2 Å². The van der Waals surface area contributed by atoms with Gasteiger partial charge in [0.1, 0.15) is 5.82 Å². The molecule has 22 heavy (non-hydrogen) atoms. The zero-order valence-electron chi connectivity index (χ0n) is 12.6. The molecular formula is C14H18N8. The topological polar surface area (TPSA) is 99.5 Å². The summed E-state index contributed by atoms with van der Waals surface area (Å²) in [7, 11) is 1.92. The summed E-state index contributed by atoms with van der Waals surface area (Å²) in [6, 6.07) is 3.64. The van der Waals surface area contributed by atoms with Crippen LogP contribution in [0.4, 0.5) is 11.8 Å². The van der Waals surface area contributed by atoms with E-state index in [1.807, 2.05) is 36.3 Å². The van der Waals surface area contributed by atoms with E-state index >= 15 is 0 Å². The number of nitrogens with zero attached hydrogens (tertiary/aromatic N) is 6. The molecule has 0 bridgehead atoms. The van der Waals surface area contributed by atoms with Crippen LogP contribution in [0.25, 0.3) is 5.82 Å². The Kier molecular flexibility index (Phi) is 3.73. The predicted molar refractivity (Wildman–Crippen MR) is 83.5 cm³/mol. The van der Waals surface area contributed by atoms with Crippen LogP contribution in [-0.4, -0.2) is 29.5 Å². The third-order valence-electron chi connectivity index (χ3n) is 3.26. The van der Waals surface area contributed by atoms with Gasteiger partial charge >= 0.3 is 0 Å². The molecule has 3 rings (SSSR count). The molecule has 0 unspecified atom stereocenters. The van der Waals surface area contributed by atoms with E-state index in [0.29, 0.717) is 18.2 Å². The largest absolute Gasteiger partial charge is 0.368 e. The molecule has 0 amide bonds. The molecule has 3 N–H and O–H groups in total. The highest BCUT2D eigenvalue weighted by atomic mass is 15.3. The van der Waals surface area contributed by atoms with Crippen molar-refractivity contribution in [3.8, 4) is 5.82 Å². The van der Waals surface area contributed by atoms with Gasteiger partial charge in [-0.25, -0.2) is 4.68 Å². The molecule has 8 nitrogen and oxygen atoms in total. The van der Waals surface area contributed by atoms with E-state index in [0.717, 1.165) is 17.7 Å². The molecule has 114 valence electrons. The Morgan fingerprint density at radius 3 is 2.91 bits per heavy atom. The normalized spacial score (nSPS) is 10.8. The first-order valence-electron chi connectivity index (χ1n) is 7.05. The first-order valence-corrected chi connectivity index (χ1v) is 7.05. The Balaban J connectivity index is 1.80. The number of nitrogens with two attached hydrogens (primary N) is 1. The van der Waals surface area contributed by atoms with Crippen LogP contribution < -0.4 is 11.1 Å². The quantitative estimate of drug-likeness (QED) is 0.733. The molecule has 0 saturated carbocycles. The monoisotopic (exact) mass is 298 g/mol. The van der Waals surface area contributed by atoms with E-state index in [9.17, 15) is 0 Å². The third kappa shape index (κ3) is 2.90. The van der Waals surface area contributed by atoms with E-state index in [2.05, 4.69) is 32.4 Å². The summed E-state index contributed by atoms with van der Waals surface area (Å²) in [4.78, 5) is 8.39. The van der Waals surface area contributed by atoms with E-state index in [1.54, 1.807) is 10.9 Å². The summed E-state index contributed by atoms with van der Waals surface area (Å²) in [5, 5.41) is 11.8. The van der Waals surface area contributed by atoms with Crippen molar-refractivity contribution in [1.82, 2.24) is 29.5 Å². The number of hydrogen-bond acceptors (Lipinski definition) is 6. The highest BCUT2D eigenvalue weighted by Gasteiger charge is 2.08. The first kappa shape index (κ1) is 14.1. The van der Waals surface area contributed by atoms with Gasteiger partial charge in [0.05, 0.1) is 5.69 Å². The molecule has 0 aliphatic carbocycles. The number of rotatable bonds is 5. The number of aryl methyl sites for hydroxylation is 2. The van der Waals surface area contributed by atoms with Crippen LogP contribution in [0.2, 0.25) is 0 Å². The molecule has 8 heteroatoms. The van der Waals surface area contributed by atoms with Crippen LogP contribution >= 0.6 is 0 Å². The van der Waals surface area contributed by atoms with Gasteiger partial charge in [0.2, 0.25) is 5.95 Å². The van der Waals surface area contributed by atoms with Crippen molar-refractivity contribution in [1.29, 1.82) is 0 Å². The molecule has 3 aromatic heterocycles. The summed E-state index contributed by atoms with van der Waals surface area (Å²) < 4.78 is 3.46. The van der Waals surface area contributed by atoms with E-state index in [4.69, 9.17) is 5.73 Å². The summed E-state index contributed by atoms with van der Waals surface area (Å²) in [5.41, 5.74) is 7.99. The fourth-order valence-corrected chi connectivity index (χ4v) is 2.28. The molecule has 0 aliphatic heterocycles. The van der Waals surface area contributed by atoms with E-state index < -0.39 is 0 Å². The second-order valence-electron chi connectivity index (χ2n) is 4.90. The highest BCUT2D eigenvalue weighted by molar-refractivity contribution is 5.46. The SMILES string of the molecule is CCc1nn(C)cc1CNc1cc(-n2cccn2)nc(N)n1. The van der Waals surface area contributed by atoms with Crippen molar-refractivity contribution in [3.63, 3.8) is 0 Å². The van der Waals surface area contributed by atoms with Crippen LogP contribution in [0.3, 0.4) is 0 Å². The van der Waals surface area contributed by atoms with E-state index in [1.165, 1.54) is 0 Å². The minimum atomic E-state index is 0.206. The summed E-state index contributed by atoms with van der Waals surface area (Å²) in [5.74, 6) is 1.49. The van der Waals surface area contributed by atoms with Gasteiger partial charge in [0.25, 0.3) is 0 Å². The van der Waals surface area contributed by atoms with Crippen LogP contribution in [0, 0.1) is 0 Å². The van der Waals surface area contributed by atoms with Crippen molar-refractivity contribution in [2.24, 2.45) is 7.05 Å². The fraction of sp³-hybridized carbons (Fsp3) is 0.286. The van der Waals surface area contributed by atoms with Crippen molar-refractivity contribution in [2.45, 2.75) is 19.9 Å². The number of nitrogen functional groups attached to an aromatic ring is 1. The second-order valence-corrected chi connectivity index (χ2v) is 4.90. The maximum absolute atomic E-state index is 5.77. The van der Waals surface area contributed by atoms with Crippen molar-refractivity contribution in [2.75, 3.05) is 11.1 Å². The Morgan fingerprint density at radius 2 is 2.18 bits per heavy atom. The molecule has 0 atom stereocenters. The van der Waals surface area contributed by atoms with Gasteiger partial charge in [-0.2, -0.15) is 20.2 Å². The fourth-order valence-electron chi connectivity index (χ4n) is 2.28. The van der Waals surface area contributed by atoms with Crippen molar-refractivity contribution in [3.05, 3.63) is 42.0 Å². The molecule has 3 aromatic rings. The number of anilines is 2. The van der Waals surface area contributed by atoms with Crippen molar-refractivity contribution < 1.29 is 0 Å². The lowest BCUT2D eigenvalue weighted by atomic mass is 10.2. The predicted octanol–water partition coefficient (Wildman–Crippen LogP) is 1.15. The van der Waals surface area contributed by atoms with Gasteiger partial charge in [0.15, 0.2) is 5.82 Å². The lowest BCUT2D eigenvalue weighted by molar-refractivity contribution is 0.746. The molecule has 0 saturated heterocycles. The molecule has 0 radical (unpaired) electrons. The number of aromatic nitrogens is 6.